The maximum atomic E-state index is 5.60. The predicted octanol–water partition coefficient (Wildman–Crippen LogP) is 2.65. The first-order valence-corrected chi connectivity index (χ1v) is 5.39. The van der Waals surface area contributed by atoms with Crippen molar-refractivity contribution in [3.05, 3.63) is 0 Å². The molecule has 0 saturated heterocycles. The van der Waals surface area contributed by atoms with Crippen LogP contribution >= 0.6 is 0 Å². The fourth-order valence-electron chi connectivity index (χ4n) is 2.15. The van der Waals surface area contributed by atoms with Gasteiger partial charge in [-0.15, -0.1) is 0 Å². The lowest BCUT2D eigenvalue weighted by Gasteiger charge is -2.10. The van der Waals surface area contributed by atoms with Crippen molar-refractivity contribution >= 4 is 0 Å². The molecule has 0 aromatic rings. The largest absolute Gasteiger partial charge is 0.330 e. The molecular weight excluding hydrogens is 146 g/mol. The van der Waals surface area contributed by atoms with E-state index in [1.807, 2.05) is 0 Å². The minimum atomic E-state index is 0.740. The Bertz CT molecular complexity index is 133. The lowest BCUT2D eigenvalue weighted by atomic mass is 9.97. The van der Waals surface area contributed by atoms with Crippen LogP contribution in [0.5, 0.6) is 0 Å². The van der Waals surface area contributed by atoms with E-state index in [0.29, 0.717) is 0 Å². The Hall–Kier alpha value is -0.0400. The summed E-state index contributed by atoms with van der Waals surface area (Å²) < 4.78 is 0. The van der Waals surface area contributed by atoms with Crippen LogP contribution in [-0.4, -0.2) is 6.54 Å². The molecule has 1 saturated carbocycles. The Morgan fingerprint density at radius 1 is 1.42 bits per heavy atom. The van der Waals surface area contributed by atoms with Gasteiger partial charge in [-0.2, -0.15) is 0 Å². The van der Waals surface area contributed by atoms with Crippen molar-refractivity contribution in [2.24, 2.45) is 29.4 Å². The highest BCUT2D eigenvalue weighted by Crippen LogP contribution is 2.48. The first kappa shape index (κ1) is 10.0. The highest BCUT2D eigenvalue weighted by Gasteiger charge is 2.40. The van der Waals surface area contributed by atoms with E-state index in [1.165, 1.54) is 19.3 Å². The van der Waals surface area contributed by atoms with Crippen LogP contribution in [0.1, 0.15) is 40.0 Å². The zero-order valence-electron chi connectivity index (χ0n) is 8.72. The minimum absolute atomic E-state index is 0.740. The summed E-state index contributed by atoms with van der Waals surface area (Å²) >= 11 is 0. The minimum Gasteiger partial charge on any atom is -0.330 e. The summed E-state index contributed by atoms with van der Waals surface area (Å²) in [5, 5.41) is 0. The molecule has 1 rings (SSSR count). The second-order valence-corrected chi connectivity index (χ2v) is 4.62. The number of hydrogen-bond acceptors (Lipinski definition) is 1. The summed E-state index contributed by atoms with van der Waals surface area (Å²) in [6.07, 6.45) is 4.18. The standard InChI is InChI=1S/C11H23N/c1-4-9(3)11-6-10(11)5-8(2)7-12/h8-11H,4-7,12H2,1-3H3. The van der Waals surface area contributed by atoms with E-state index < -0.39 is 0 Å². The second-order valence-electron chi connectivity index (χ2n) is 4.62. The van der Waals surface area contributed by atoms with Crippen LogP contribution in [0.25, 0.3) is 0 Å². The fourth-order valence-corrected chi connectivity index (χ4v) is 2.15. The zero-order valence-corrected chi connectivity index (χ0v) is 8.72. The first-order chi connectivity index (χ1) is 5.69. The van der Waals surface area contributed by atoms with Crippen molar-refractivity contribution in [1.82, 2.24) is 0 Å². The molecule has 1 aliphatic rings. The van der Waals surface area contributed by atoms with Gasteiger partial charge in [-0.1, -0.05) is 27.2 Å². The molecule has 2 N–H and O–H groups in total. The van der Waals surface area contributed by atoms with E-state index in [0.717, 1.165) is 30.2 Å². The van der Waals surface area contributed by atoms with Crippen molar-refractivity contribution in [3.8, 4) is 0 Å². The number of hydrogen-bond donors (Lipinski definition) is 1. The molecule has 0 amide bonds. The predicted molar refractivity (Wildman–Crippen MR) is 53.9 cm³/mol. The maximum absolute atomic E-state index is 5.60. The van der Waals surface area contributed by atoms with Gasteiger partial charge in [0, 0.05) is 0 Å². The van der Waals surface area contributed by atoms with Gasteiger partial charge in [0.2, 0.25) is 0 Å². The van der Waals surface area contributed by atoms with Gasteiger partial charge in [0.1, 0.15) is 0 Å². The summed E-state index contributed by atoms with van der Waals surface area (Å²) in [6, 6.07) is 0. The molecule has 12 heavy (non-hydrogen) atoms. The molecule has 1 aliphatic carbocycles. The maximum Gasteiger partial charge on any atom is -0.00514 e. The van der Waals surface area contributed by atoms with Gasteiger partial charge in [0.15, 0.2) is 0 Å². The number of rotatable bonds is 5. The molecule has 0 radical (unpaired) electrons. The van der Waals surface area contributed by atoms with Crippen molar-refractivity contribution in [2.75, 3.05) is 6.54 Å². The molecule has 72 valence electrons. The molecule has 1 heteroatoms. The fraction of sp³-hybridized carbons (Fsp3) is 1.00. The molecule has 0 aliphatic heterocycles. The second kappa shape index (κ2) is 4.27. The zero-order chi connectivity index (χ0) is 9.14. The molecule has 0 heterocycles. The molecule has 0 aromatic carbocycles. The molecule has 4 unspecified atom stereocenters. The van der Waals surface area contributed by atoms with Crippen molar-refractivity contribution < 1.29 is 0 Å². The van der Waals surface area contributed by atoms with Crippen LogP contribution in [0.3, 0.4) is 0 Å². The number of nitrogens with two attached hydrogens (primary N) is 1. The Kier molecular flexibility index (Phi) is 3.57. The topological polar surface area (TPSA) is 26.0 Å². The van der Waals surface area contributed by atoms with Crippen molar-refractivity contribution in [3.63, 3.8) is 0 Å². The SMILES string of the molecule is CCC(C)C1CC1CC(C)CN. The Balaban J connectivity index is 2.15. The van der Waals surface area contributed by atoms with Gasteiger partial charge in [-0.05, 0) is 43.1 Å². The molecule has 0 aromatic heterocycles. The van der Waals surface area contributed by atoms with Gasteiger partial charge < -0.3 is 5.73 Å². The Morgan fingerprint density at radius 2 is 2.08 bits per heavy atom. The third kappa shape index (κ3) is 2.48. The quantitative estimate of drug-likeness (QED) is 0.672. The summed E-state index contributed by atoms with van der Waals surface area (Å²) in [5.41, 5.74) is 5.60. The summed E-state index contributed by atoms with van der Waals surface area (Å²) in [4.78, 5) is 0. The summed E-state index contributed by atoms with van der Waals surface area (Å²) in [5.74, 6) is 3.73. The van der Waals surface area contributed by atoms with Crippen LogP contribution < -0.4 is 5.73 Å². The van der Waals surface area contributed by atoms with E-state index >= 15 is 0 Å². The van der Waals surface area contributed by atoms with Gasteiger partial charge in [0.25, 0.3) is 0 Å². The van der Waals surface area contributed by atoms with E-state index in [4.69, 9.17) is 5.73 Å². The normalized spacial score (nSPS) is 33.0. The highest BCUT2D eigenvalue weighted by molar-refractivity contribution is 4.90. The molecule has 0 bridgehead atoms. The average molecular weight is 169 g/mol. The van der Waals surface area contributed by atoms with Crippen molar-refractivity contribution in [2.45, 2.75) is 40.0 Å². The van der Waals surface area contributed by atoms with Crippen molar-refractivity contribution in [1.29, 1.82) is 0 Å². The van der Waals surface area contributed by atoms with Gasteiger partial charge in [0.05, 0.1) is 0 Å². The molecular formula is C11H23N. The smallest absolute Gasteiger partial charge is 0.00514 e. The molecule has 1 nitrogen and oxygen atoms in total. The monoisotopic (exact) mass is 169 g/mol. The van der Waals surface area contributed by atoms with E-state index in [1.54, 1.807) is 0 Å². The van der Waals surface area contributed by atoms with Crippen LogP contribution in [0.15, 0.2) is 0 Å². The third-order valence-corrected chi connectivity index (χ3v) is 3.46. The summed E-state index contributed by atoms with van der Waals surface area (Å²) in [7, 11) is 0. The van der Waals surface area contributed by atoms with Gasteiger partial charge in [-0.25, -0.2) is 0 Å². The van der Waals surface area contributed by atoms with E-state index in [-0.39, 0.29) is 0 Å². The van der Waals surface area contributed by atoms with Crippen LogP contribution in [0.4, 0.5) is 0 Å². The molecule has 1 fully saturated rings. The van der Waals surface area contributed by atoms with Crippen LogP contribution in [-0.2, 0) is 0 Å². The highest BCUT2D eigenvalue weighted by atomic mass is 14.6. The Labute approximate surface area is 76.7 Å². The van der Waals surface area contributed by atoms with E-state index in [2.05, 4.69) is 20.8 Å². The Morgan fingerprint density at radius 3 is 2.58 bits per heavy atom. The first-order valence-electron chi connectivity index (χ1n) is 5.39. The van der Waals surface area contributed by atoms with E-state index in [9.17, 15) is 0 Å². The van der Waals surface area contributed by atoms with Crippen LogP contribution in [0, 0.1) is 23.7 Å². The molecule has 4 atom stereocenters. The van der Waals surface area contributed by atoms with Gasteiger partial charge in [-0.3, -0.25) is 0 Å². The third-order valence-electron chi connectivity index (χ3n) is 3.46. The lowest BCUT2D eigenvalue weighted by Crippen LogP contribution is -2.12. The summed E-state index contributed by atoms with van der Waals surface area (Å²) in [6.45, 7) is 7.82. The van der Waals surface area contributed by atoms with Crippen LogP contribution in [0.2, 0.25) is 0 Å². The van der Waals surface area contributed by atoms with Gasteiger partial charge >= 0.3 is 0 Å². The molecule has 0 spiro atoms. The lowest BCUT2D eigenvalue weighted by molar-refractivity contribution is 0.416. The average Bonchev–Trinajstić information content (AvgIpc) is 2.82.